The largest absolute Gasteiger partial charge is 0.374 e. The second kappa shape index (κ2) is 6.39. The van der Waals surface area contributed by atoms with Crippen molar-refractivity contribution in [2.24, 2.45) is 0 Å². The molecule has 0 aliphatic carbocycles. The maximum Gasteiger partial charge on any atom is 0.160 e. The molecule has 0 fully saturated rings. The van der Waals surface area contributed by atoms with Crippen molar-refractivity contribution in [2.75, 3.05) is 5.32 Å². The summed E-state index contributed by atoms with van der Waals surface area (Å²) in [7, 11) is 0. The predicted molar refractivity (Wildman–Crippen MR) is 84.7 cm³/mol. The summed E-state index contributed by atoms with van der Waals surface area (Å²) in [6, 6.07) is 23.5. The van der Waals surface area contributed by atoms with E-state index in [4.69, 9.17) is 0 Å². The summed E-state index contributed by atoms with van der Waals surface area (Å²) < 4.78 is 26.5. The molecule has 3 aromatic rings. The Balaban J connectivity index is 1.97. The lowest BCUT2D eigenvalue weighted by Crippen LogP contribution is -2.12. The zero-order valence-electron chi connectivity index (χ0n) is 11.8. The Morgan fingerprint density at radius 1 is 0.636 bits per heavy atom. The van der Waals surface area contributed by atoms with Crippen LogP contribution in [0.4, 0.5) is 14.5 Å². The molecule has 0 heterocycles. The molecule has 0 bridgehead atoms. The molecule has 0 spiro atoms. The first kappa shape index (κ1) is 14.3. The molecule has 0 aliphatic rings. The Morgan fingerprint density at radius 3 is 1.68 bits per heavy atom. The summed E-state index contributed by atoms with van der Waals surface area (Å²) in [5, 5.41) is 3.27. The van der Waals surface area contributed by atoms with Crippen LogP contribution in [0.3, 0.4) is 0 Å². The number of anilines is 1. The lowest BCUT2D eigenvalue weighted by atomic mass is 9.98. The third-order valence-corrected chi connectivity index (χ3v) is 3.50. The van der Waals surface area contributed by atoms with Crippen LogP contribution in [0, 0.1) is 11.6 Å². The molecule has 22 heavy (non-hydrogen) atoms. The number of halogens is 2. The summed E-state index contributed by atoms with van der Waals surface area (Å²) in [5.74, 6) is -1.70. The molecule has 0 aliphatic heterocycles. The van der Waals surface area contributed by atoms with E-state index in [1.165, 1.54) is 12.1 Å². The quantitative estimate of drug-likeness (QED) is 0.700. The molecular weight excluding hydrogens is 280 g/mol. The van der Waals surface area contributed by atoms with Gasteiger partial charge in [-0.3, -0.25) is 0 Å². The minimum absolute atomic E-state index is 0.132. The van der Waals surface area contributed by atoms with Gasteiger partial charge in [-0.05, 0) is 23.3 Å². The van der Waals surface area contributed by atoms with Crippen LogP contribution in [0.2, 0.25) is 0 Å². The van der Waals surface area contributed by atoms with E-state index in [-0.39, 0.29) is 6.04 Å². The van der Waals surface area contributed by atoms with Gasteiger partial charge in [-0.1, -0.05) is 60.7 Å². The van der Waals surface area contributed by atoms with Gasteiger partial charge in [0, 0.05) is 11.8 Å². The number of nitrogens with one attached hydrogen (secondary N) is 1. The number of hydrogen-bond acceptors (Lipinski definition) is 1. The van der Waals surface area contributed by atoms with Gasteiger partial charge in [0.05, 0.1) is 6.04 Å². The maximum absolute atomic E-state index is 13.4. The second-order valence-corrected chi connectivity index (χ2v) is 5.03. The van der Waals surface area contributed by atoms with Gasteiger partial charge in [-0.25, -0.2) is 8.78 Å². The Morgan fingerprint density at radius 2 is 1.18 bits per heavy atom. The van der Waals surface area contributed by atoms with Crippen molar-refractivity contribution < 1.29 is 8.78 Å². The van der Waals surface area contributed by atoms with E-state index < -0.39 is 11.6 Å². The van der Waals surface area contributed by atoms with Crippen LogP contribution in [0.25, 0.3) is 0 Å². The fourth-order valence-electron chi connectivity index (χ4n) is 2.40. The van der Waals surface area contributed by atoms with Gasteiger partial charge in [0.1, 0.15) is 0 Å². The normalized spacial score (nSPS) is 10.7. The van der Waals surface area contributed by atoms with Crippen LogP contribution < -0.4 is 5.32 Å². The summed E-state index contributed by atoms with van der Waals surface area (Å²) in [6.45, 7) is 0. The van der Waals surface area contributed by atoms with Gasteiger partial charge in [-0.2, -0.15) is 0 Å². The van der Waals surface area contributed by atoms with Gasteiger partial charge in [0.15, 0.2) is 11.6 Å². The molecule has 0 saturated carbocycles. The fourth-order valence-corrected chi connectivity index (χ4v) is 2.40. The van der Waals surface area contributed by atoms with Crippen LogP contribution in [0.1, 0.15) is 17.2 Å². The van der Waals surface area contributed by atoms with Crippen LogP contribution >= 0.6 is 0 Å². The highest BCUT2D eigenvalue weighted by molar-refractivity contribution is 5.49. The van der Waals surface area contributed by atoms with Gasteiger partial charge in [0.25, 0.3) is 0 Å². The average Bonchev–Trinajstić information content (AvgIpc) is 2.57. The maximum atomic E-state index is 13.4. The molecule has 0 atom stereocenters. The smallest absolute Gasteiger partial charge is 0.160 e. The molecule has 3 rings (SSSR count). The van der Waals surface area contributed by atoms with Crippen molar-refractivity contribution in [2.45, 2.75) is 6.04 Å². The highest BCUT2D eigenvalue weighted by atomic mass is 19.2. The molecule has 0 aromatic heterocycles. The molecule has 0 amide bonds. The van der Waals surface area contributed by atoms with Gasteiger partial charge >= 0.3 is 0 Å². The Hall–Kier alpha value is -2.68. The first-order valence-electron chi connectivity index (χ1n) is 7.05. The summed E-state index contributed by atoms with van der Waals surface area (Å²) in [6.07, 6.45) is 0. The Kier molecular flexibility index (Phi) is 4.15. The zero-order valence-corrected chi connectivity index (χ0v) is 11.8. The van der Waals surface area contributed by atoms with E-state index in [0.29, 0.717) is 5.69 Å². The van der Waals surface area contributed by atoms with Crippen molar-refractivity contribution in [1.82, 2.24) is 0 Å². The molecule has 0 saturated heterocycles. The zero-order chi connectivity index (χ0) is 15.4. The molecule has 3 heteroatoms. The van der Waals surface area contributed by atoms with Crippen molar-refractivity contribution in [3.8, 4) is 0 Å². The molecule has 1 nitrogen and oxygen atoms in total. The molecule has 0 unspecified atom stereocenters. The number of hydrogen-bond donors (Lipinski definition) is 1. The van der Waals surface area contributed by atoms with Crippen LogP contribution in [0.15, 0.2) is 78.9 Å². The lowest BCUT2D eigenvalue weighted by Gasteiger charge is -2.21. The van der Waals surface area contributed by atoms with Gasteiger partial charge < -0.3 is 5.32 Å². The van der Waals surface area contributed by atoms with E-state index in [9.17, 15) is 8.78 Å². The monoisotopic (exact) mass is 295 g/mol. The third kappa shape index (κ3) is 3.14. The highest BCUT2D eigenvalue weighted by Crippen LogP contribution is 2.27. The number of benzene rings is 3. The highest BCUT2D eigenvalue weighted by Gasteiger charge is 2.14. The molecular formula is C19H15F2N. The average molecular weight is 295 g/mol. The topological polar surface area (TPSA) is 12.0 Å². The van der Waals surface area contributed by atoms with Crippen LogP contribution in [0.5, 0.6) is 0 Å². The van der Waals surface area contributed by atoms with E-state index in [0.717, 1.165) is 17.2 Å². The Labute approximate surface area is 128 Å². The second-order valence-electron chi connectivity index (χ2n) is 5.03. The summed E-state index contributed by atoms with van der Waals surface area (Å²) in [4.78, 5) is 0. The van der Waals surface area contributed by atoms with Crippen molar-refractivity contribution in [3.63, 3.8) is 0 Å². The lowest BCUT2D eigenvalue weighted by molar-refractivity contribution is 0.509. The van der Waals surface area contributed by atoms with Crippen molar-refractivity contribution >= 4 is 5.69 Å². The first-order chi connectivity index (χ1) is 10.7. The van der Waals surface area contributed by atoms with Gasteiger partial charge in [0.2, 0.25) is 0 Å². The van der Waals surface area contributed by atoms with Gasteiger partial charge in [-0.15, -0.1) is 0 Å². The van der Waals surface area contributed by atoms with Crippen molar-refractivity contribution in [3.05, 3.63) is 102 Å². The SMILES string of the molecule is Fc1ccc(NC(c2ccccc2)c2ccccc2)cc1F. The van der Waals surface area contributed by atoms with Crippen molar-refractivity contribution in [1.29, 1.82) is 0 Å². The van der Waals surface area contributed by atoms with E-state index >= 15 is 0 Å². The standard InChI is InChI=1S/C19H15F2N/c20-17-12-11-16(13-18(17)21)22-19(14-7-3-1-4-8-14)15-9-5-2-6-10-15/h1-13,19,22H. The van der Waals surface area contributed by atoms with E-state index in [1.807, 2.05) is 60.7 Å². The minimum atomic E-state index is -0.857. The molecule has 3 aromatic carbocycles. The first-order valence-corrected chi connectivity index (χ1v) is 7.05. The third-order valence-electron chi connectivity index (χ3n) is 3.50. The van der Waals surface area contributed by atoms with E-state index in [2.05, 4.69) is 5.32 Å². The predicted octanol–water partition coefficient (Wildman–Crippen LogP) is 5.17. The number of rotatable bonds is 4. The Bertz CT molecular complexity index is 702. The fraction of sp³-hybridized carbons (Fsp3) is 0.0526. The summed E-state index contributed by atoms with van der Waals surface area (Å²) in [5.41, 5.74) is 2.65. The van der Waals surface area contributed by atoms with E-state index in [1.54, 1.807) is 0 Å². The van der Waals surface area contributed by atoms with Crippen LogP contribution in [-0.4, -0.2) is 0 Å². The van der Waals surface area contributed by atoms with Crippen LogP contribution in [-0.2, 0) is 0 Å². The molecule has 110 valence electrons. The minimum Gasteiger partial charge on any atom is -0.374 e. The molecule has 1 N–H and O–H groups in total. The summed E-state index contributed by atoms with van der Waals surface area (Å²) >= 11 is 0. The molecule has 0 radical (unpaired) electrons.